The first-order valence-electron chi connectivity index (χ1n) is 20.5. The number of aromatic nitrogens is 8. The highest BCUT2D eigenvalue weighted by Crippen LogP contribution is 2.28. The average Bonchev–Trinajstić information content (AvgIpc) is 3.69. The molecule has 0 spiro atoms. The van der Waals surface area contributed by atoms with Crippen LogP contribution >= 0.6 is 0 Å². The molecule has 0 amide bonds. The fraction of sp³-hybridized carbons (Fsp3) is 0.739. The van der Waals surface area contributed by atoms with Gasteiger partial charge in [0.05, 0.1) is 22.8 Å². The highest BCUT2D eigenvalue weighted by molar-refractivity contribution is 5.24. The Labute approximate surface area is 333 Å². The summed E-state index contributed by atoms with van der Waals surface area (Å²) in [4.78, 5) is 18.7. The number of rotatable bonds is 6. The van der Waals surface area contributed by atoms with Gasteiger partial charge in [0.25, 0.3) is 0 Å². The maximum Gasteiger partial charge on any atom is 0.114 e. The highest BCUT2D eigenvalue weighted by atomic mass is 15.1. The molecule has 0 aliphatic carbocycles. The Kier molecular flexibility index (Phi) is 17.3. The van der Waals surface area contributed by atoms with Crippen LogP contribution in [0.2, 0.25) is 0 Å². The van der Waals surface area contributed by atoms with Crippen molar-refractivity contribution in [2.75, 3.05) is 0 Å². The zero-order valence-electron chi connectivity index (χ0n) is 40.0. The van der Waals surface area contributed by atoms with Gasteiger partial charge < -0.3 is 18.3 Å². The van der Waals surface area contributed by atoms with E-state index in [1.54, 1.807) is 0 Å². The van der Waals surface area contributed by atoms with E-state index in [-0.39, 0.29) is 10.8 Å². The van der Waals surface area contributed by atoms with E-state index in [1.807, 2.05) is 0 Å². The molecule has 0 saturated carbocycles. The molecule has 0 radical (unpaired) electrons. The molecule has 8 nitrogen and oxygen atoms in total. The first-order valence-corrected chi connectivity index (χ1v) is 20.5. The van der Waals surface area contributed by atoms with Gasteiger partial charge in [0.1, 0.15) is 23.3 Å². The van der Waals surface area contributed by atoms with E-state index in [2.05, 4.69) is 209 Å². The molecule has 54 heavy (non-hydrogen) atoms. The molecule has 4 heterocycles. The van der Waals surface area contributed by atoms with Crippen molar-refractivity contribution in [3.8, 4) is 0 Å². The lowest BCUT2D eigenvalue weighted by molar-refractivity contribution is 0.519. The van der Waals surface area contributed by atoms with Crippen molar-refractivity contribution in [3.63, 3.8) is 0 Å². The van der Waals surface area contributed by atoms with Gasteiger partial charge in [0.15, 0.2) is 0 Å². The average molecular weight is 749 g/mol. The van der Waals surface area contributed by atoms with Gasteiger partial charge in [0.2, 0.25) is 0 Å². The van der Waals surface area contributed by atoms with Crippen LogP contribution in [0.3, 0.4) is 0 Å². The molecular weight excluding hydrogens is 665 g/mol. The molecule has 8 heteroatoms. The molecule has 0 saturated heterocycles. The summed E-state index contributed by atoms with van der Waals surface area (Å²) in [5, 5.41) is 0. The molecule has 4 rings (SSSR count). The highest BCUT2D eigenvalue weighted by Gasteiger charge is 2.25. The van der Waals surface area contributed by atoms with E-state index in [0.717, 1.165) is 0 Å². The molecule has 0 aliphatic heterocycles. The first kappa shape index (κ1) is 48.9. The van der Waals surface area contributed by atoms with Crippen LogP contribution in [0.15, 0.2) is 0 Å². The lowest BCUT2D eigenvalue weighted by atomic mass is 9.96. The topological polar surface area (TPSA) is 71.3 Å². The van der Waals surface area contributed by atoms with Gasteiger partial charge in [-0.25, -0.2) is 19.9 Å². The van der Waals surface area contributed by atoms with E-state index < -0.39 is 0 Å². The van der Waals surface area contributed by atoms with Crippen LogP contribution in [-0.2, 0) is 39.0 Å². The quantitative estimate of drug-likeness (QED) is 0.197. The lowest BCUT2D eigenvalue weighted by Gasteiger charge is -2.17. The third-order valence-corrected chi connectivity index (χ3v) is 10.1. The molecule has 0 atom stereocenters. The van der Waals surface area contributed by atoms with Crippen LogP contribution in [-0.4, -0.2) is 38.2 Å². The Morgan fingerprint density at radius 3 is 0.741 bits per heavy atom. The second kappa shape index (κ2) is 19.1. The van der Waals surface area contributed by atoms with Crippen LogP contribution in [0.4, 0.5) is 0 Å². The molecule has 4 aromatic rings. The van der Waals surface area contributed by atoms with Gasteiger partial charge in [-0.1, -0.05) is 125 Å². The summed E-state index contributed by atoms with van der Waals surface area (Å²) in [6.07, 6.45) is 0. The summed E-state index contributed by atoms with van der Waals surface area (Å²) in [6.45, 7) is 48.1. The molecule has 0 fully saturated rings. The van der Waals surface area contributed by atoms with Crippen LogP contribution in [0.1, 0.15) is 229 Å². The maximum atomic E-state index is 4.74. The van der Waals surface area contributed by atoms with E-state index in [1.165, 1.54) is 68.8 Å². The Morgan fingerprint density at radius 2 is 0.630 bits per heavy atom. The van der Waals surface area contributed by atoms with Crippen molar-refractivity contribution in [1.29, 1.82) is 0 Å². The molecule has 4 aromatic heterocycles. The Balaban J connectivity index is 0.000000360. The second-order valence-corrected chi connectivity index (χ2v) is 19.4. The third-order valence-electron chi connectivity index (χ3n) is 10.1. The number of aryl methyl sites for hydroxylation is 2. The van der Waals surface area contributed by atoms with Gasteiger partial charge in [-0.3, -0.25) is 0 Å². The predicted octanol–water partition coefficient (Wildman–Crippen LogP) is 12.2. The van der Waals surface area contributed by atoms with Gasteiger partial charge in [-0.15, -0.1) is 0 Å². The van der Waals surface area contributed by atoms with E-state index in [4.69, 9.17) is 9.97 Å². The van der Waals surface area contributed by atoms with Crippen LogP contribution in [0.5, 0.6) is 0 Å². The minimum absolute atomic E-state index is 0.132. The Morgan fingerprint density at radius 1 is 0.370 bits per heavy atom. The predicted molar refractivity (Wildman–Crippen MR) is 234 cm³/mol. The van der Waals surface area contributed by atoms with Crippen molar-refractivity contribution < 1.29 is 0 Å². The zero-order valence-corrected chi connectivity index (χ0v) is 40.0. The minimum atomic E-state index is 0.132. The number of hydrogen-bond acceptors (Lipinski definition) is 4. The fourth-order valence-corrected chi connectivity index (χ4v) is 7.62. The van der Waals surface area contributed by atoms with Gasteiger partial charge in [0, 0.05) is 73.6 Å². The van der Waals surface area contributed by atoms with E-state index in [0.29, 0.717) is 35.5 Å². The molecular formula is C46H84N8. The van der Waals surface area contributed by atoms with Gasteiger partial charge in [-0.2, -0.15) is 0 Å². The first-order chi connectivity index (χ1) is 24.4. The Bertz CT molecular complexity index is 1640. The normalized spacial score (nSPS) is 12.1. The van der Waals surface area contributed by atoms with Crippen LogP contribution < -0.4 is 0 Å². The van der Waals surface area contributed by atoms with Gasteiger partial charge in [-0.05, 0) is 51.4 Å². The van der Waals surface area contributed by atoms with Crippen molar-refractivity contribution in [2.45, 2.75) is 199 Å². The monoisotopic (exact) mass is 749 g/mol. The fourth-order valence-electron chi connectivity index (χ4n) is 7.62. The van der Waals surface area contributed by atoms with E-state index >= 15 is 0 Å². The molecule has 308 valence electrons. The van der Waals surface area contributed by atoms with E-state index in [9.17, 15) is 0 Å². The number of nitrogens with zero attached hydrogens (tertiary/aromatic N) is 8. The van der Waals surface area contributed by atoms with Crippen LogP contribution in [0.25, 0.3) is 0 Å². The number of hydrogen-bond donors (Lipinski definition) is 0. The number of imidazole rings is 4. The molecule has 0 aliphatic rings. The van der Waals surface area contributed by atoms with Crippen molar-refractivity contribution in [3.05, 3.63) is 68.8 Å². The van der Waals surface area contributed by atoms with Crippen molar-refractivity contribution in [2.24, 2.45) is 28.2 Å². The standard InChI is InChI=1S/2C12H22N2.2C11H20N2/c2*1-8(2)10-9(3)14(7)11(13-10)12(4,5)6;2*1-7(2)10-9(5)12-11(8(3)4)13(10)6/h2*8H,1-7H3;2*7-8H,1-6H3. The molecule has 0 unspecified atom stereocenters. The molecule has 0 bridgehead atoms. The van der Waals surface area contributed by atoms with Gasteiger partial charge >= 0.3 is 0 Å². The second-order valence-electron chi connectivity index (χ2n) is 19.4. The summed E-state index contributed by atoms with van der Waals surface area (Å²) in [7, 11) is 8.44. The smallest absolute Gasteiger partial charge is 0.114 e. The summed E-state index contributed by atoms with van der Waals surface area (Å²) in [5.74, 6) is 7.91. The SMILES string of the molecule is Cc1c(C(C)C)nc(C(C)(C)C)n1C.Cc1c(C(C)C)nc(C(C)(C)C)n1C.Cc1nc(C(C)C)n(C)c1C(C)C.Cc1nc(C(C)C)n(C)c1C(C)C. The largest absolute Gasteiger partial charge is 0.335 e. The minimum Gasteiger partial charge on any atom is -0.335 e. The molecule has 0 N–H and O–H groups in total. The zero-order chi connectivity index (χ0) is 42.5. The third kappa shape index (κ3) is 11.9. The van der Waals surface area contributed by atoms with Crippen LogP contribution in [0, 0.1) is 27.7 Å². The van der Waals surface area contributed by atoms with Crippen molar-refractivity contribution >= 4 is 0 Å². The van der Waals surface area contributed by atoms with Crippen molar-refractivity contribution in [1.82, 2.24) is 38.2 Å². The Hall–Kier alpha value is -3.16. The summed E-state index contributed by atoms with van der Waals surface area (Å²) in [5.41, 5.74) is 10.4. The lowest BCUT2D eigenvalue weighted by Crippen LogP contribution is -2.17. The summed E-state index contributed by atoms with van der Waals surface area (Å²) >= 11 is 0. The molecule has 0 aromatic carbocycles. The maximum absolute atomic E-state index is 4.74. The summed E-state index contributed by atoms with van der Waals surface area (Å²) in [6, 6.07) is 0. The summed E-state index contributed by atoms with van der Waals surface area (Å²) < 4.78 is 8.92.